The van der Waals surface area contributed by atoms with Crippen LogP contribution in [0.2, 0.25) is 0 Å². The van der Waals surface area contributed by atoms with Crippen molar-refractivity contribution in [3.05, 3.63) is 12.7 Å². The third kappa shape index (κ3) is 3.00. The zero-order valence-electron chi connectivity index (χ0n) is 12.7. The summed E-state index contributed by atoms with van der Waals surface area (Å²) in [5.74, 6) is 5.80. The maximum absolute atomic E-state index is 4.15. The molecule has 2 fully saturated rings. The van der Waals surface area contributed by atoms with E-state index in [1.54, 1.807) is 0 Å². The second-order valence-electron chi connectivity index (χ2n) is 7.07. The summed E-state index contributed by atoms with van der Waals surface area (Å²) in [4.78, 5) is 0. The van der Waals surface area contributed by atoms with Crippen LogP contribution in [0, 0.1) is 35.5 Å². The van der Waals surface area contributed by atoms with Crippen molar-refractivity contribution in [2.75, 3.05) is 0 Å². The van der Waals surface area contributed by atoms with Gasteiger partial charge in [0.2, 0.25) is 0 Å². The van der Waals surface area contributed by atoms with Gasteiger partial charge in [-0.1, -0.05) is 52.5 Å². The number of unbranched alkanes of at least 4 members (excludes halogenated alkanes) is 2. The third-order valence-corrected chi connectivity index (χ3v) is 5.77. The van der Waals surface area contributed by atoms with Crippen molar-refractivity contribution in [1.29, 1.82) is 0 Å². The standard InChI is InChI=1S/C18H32/c1-5-7-8-9-15(6-2)18-13(3)10-11-16(18)17-12-14(17)4/h6,13-18H,2,5,7-12H2,1,3-4H3. The molecular formula is C18H32. The van der Waals surface area contributed by atoms with Gasteiger partial charge in [0.1, 0.15) is 0 Å². The van der Waals surface area contributed by atoms with Crippen molar-refractivity contribution >= 4 is 0 Å². The quantitative estimate of drug-likeness (QED) is 0.401. The number of rotatable bonds is 7. The molecule has 0 aromatic heterocycles. The van der Waals surface area contributed by atoms with Crippen molar-refractivity contribution < 1.29 is 0 Å². The SMILES string of the molecule is C=CC(CCCCC)C1C(C)CCC1C1CC1C. The first-order chi connectivity index (χ1) is 8.69. The van der Waals surface area contributed by atoms with E-state index in [1.807, 2.05) is 0 Å². The summed E-state index contributed by atoms with van der Waals surface area (Å²) >= 11 is 0. The molecule has 0 nitrogen and oxygen atoms in total. The lowest BCUT2D eigenvalue weighted by atomic mass is 9.75. The Kier molecular flexibility index (Phi) is 4.92. The lowest BCUT2D eigenvalue weighted by Gasteiger charge is -2.30. The van der Waals surface area contributed by atoms with Crippen molar-refractivity contribution in [3.8, 4) is 0 Å². The minimum Gasteiger partial charge on any atom is -0.103 e. The van der Waals surface area contributed by atoms with Crippen molar-refractivity contribution in [3.63, 3.8) is 0 Å². The van der Waals surface area contributed by atoms with E-state index in [9.17, 15) is 0 Å². The van der Waals surface area contributed by atoms with E-state index in [0.717, 1.165) is 35.5 Å². The summed E-state index contributed by atoms with van der Waals surface area (Å²) in [7, 11) is 0. The smallest absolute Gasteiger partial charge is 0.0203 e. The molecule has 2 aliphatic rings. The summed E-state index contributed by atoms with van der Waals surface area (Å²) in [6, 6.07) is 0. The summed E-state index contributed by atoms with van der Waals surface area (Å²) in [6.45, 7) is 11.4. The van der Waals surface area contributed by atoms with Crippen LogP contribution in [0.4, 0.5) is 0 Å². The maximum Gasteiger partial charge on any atom is -0.0203 e. The molecular weight excluding hydrogens is 216 g/mol. The second-order valence-corrected chi connectivity index (χ2v) is 7.07. The van der Waals surface area contributed by atoms with Crippen LogP contribution in [0.15, 0.2) is 12.7 Å². The van der Waals surface area contributed by atoms with Crippen LogP contribution in [-0.4, -0.2) is 0 Å². The normalized spacial score (nSPS) is 40.7. The van der Waals surface area contributed by atoms with Crippen molar-refractivity contribution in [2.24, 2.45) is 35.5 Å². The van der Waals surface area contributed by atoms with Gasteiger partial charge in [-0.05, 0) is 54.8 Å². The van der Waals surface area contributed by atoms with Crippen molar-refractivity contribution in [2.45, 2.75) is 65.7 Å². The van der Waals surface area contributed by atoms with Crippen LogP contribution >= 0.6 is 0 Å². The third-order valence-electron chi connectivity index (χ3n) is 5.77. The molecule has 0 radical (unpaired) electrons. The number of allylic oxidation sites excluding steroid dienone is 1. The van der Waals surface area contributed by atoms with Crippen LogP contribution in [-0.2, 0) is 0 Å². The molecule has 0 aromatic rings. The molecule has 0 heterocycles. The van der Waals surface area contributed by atoms with Crippen molar-refractivity contribution in [1.82, 2.24) is 0 Å². The molecule has 0 aliphatic heterocycles. The molecule has 2 aliphatic carbocycles. The van der Waals surface area contributed by atoms with Crippen LogP contribution in [0.3, 0.4) is 0 Å². The molecule has 0 saturated heterocycles. The Balaban J connectivity index is 1.95. The Morgan fingerprint density at radius 1 is 1.11 bits per heavy atom. The molecule has 0 N–H and O–H groups in total. The molecule has 0 heteroatoms. The maximum atomic E-state index is 4.15. The van der Waals surface area contributed by atoms with Gasteiger partial charge in [-0.25, -0.2) is 0 Å². The van der Waals surface area contributed by atoms with E-state index in [0.29, 0.717) is 0 Å². The average molecular weight is 248 g/mol. The first-order valence-electron chi connectivity index (χ1n) is 8.31. The van der Waals surface area contributed by atoms with E-state index < -0.39 is 0 Å². The molecule has 18 heavy (non-hydrogen) atoms. The minimum atomic E-state index is 0.798. The molecule has 0 aromatic carbocycles. The predicted molar refractivity (Wildman–Crippen MR) is 80.5 cm³/mol. The molecule has 2 rings (SSSR count). The number of hydrogen-bond donors (Lipinski definition) is 0. The van der Waals surface area contributed by atoms with E-state index in [1.165, 1.54) is 44.9 Å². The summed E-state index contributed by atoms with van der Waals surface area (Å²) in [5, 5.41) is 0. The molecule has 0 bridgehead atoms. The fraction of sp³-hybridized carbons (Fsp3) is 0.889. The lowest BCUT2D eigenvalue weighted by Crippen LogP contribution is -2.24. The fourth-order valence-electron chi connectivity index (χ4n) is 4.55. The Labute approximate surface area is 114 Å². The van der Waals surface area contributed by atoms with E-state index in [4.69, 9.17) is 0 Å². The van der Waals surface area contributed by atoms with E-state index in [-0.39, 0.29) is 0 Å². The summed E-state index contributed by atoms with van der Waals surface area (Å²) in [6.07, 6.45) is 12.3. The minimum absolute atomic E-state index is 0.798. The highest BCUT2D eigenvalue weighted by Crippen LogP contribution is 2.56. The first kappa shape index (κ1) is 14.2. The lowest BCUT2D eigenvalue weighted by molar-refractivity contribution is 0.212. The van der Waals surface area contributed by atoms with Gasteiger partial charge in [-0.2, -0.15) is 0 Å². The molecule has 0 amide bonds. The topological polar surface area (TPSA) is 0 Å². The van der Waals surface area contributed by atoms with Gasteiger partial charge in [-0.3, -0.25) is 0 Å². The van der Waals surface area contributed by atoms with Crippen LogP contribution < -0.4 is 0 Å². The highest BCUT2D eigenvalue weighted by Gasteiger charge is 2.48. The van der Waals surface area contributed by atoms with Gasteiger partial charge in [0, 0.05) is 0 Å². The molecule has 2 saturated carbocycles. The van der Waals surface area contributed by atoms with Gasteiger partial charge >= 0.3 is 0 Å². The Morgan fingerprint density at radius 3 is 2.39 bits per heavy atom. The molecule has 6 unspecified atom stereocenters. The van der Waals surface area contributed by atoms with Gasteiger partial charge in [0.15, 0.2) is 0 Å². The summed E-state index contributed by atoms with van der Waals surface area (Å²) in [5.41, 5.74) is 0. The Morgan fingerprint density at radius 2 is 1.83 bits per heavy atom. The van der Waals surface area contributed by atoms with Gasteiger partial charge in [0.05, 0.1) is 0 Å². The molecule has 0 spiro atoms. The second kappa shape index (κ2) is 6.26. The van der Waals surface area contributed by atoms with Crippen LogP contribution in [0.5, 0.6) is 0 Å². The molecule has 6 atom stereocenters. The average Bonchev–Trinajstić information content (AvgIpc) is 2.96. The number of hydrogen-bond acceptors (Lipinski definition) is 0. The largest absolute Gasteiger partial charge is 0.103 e. The Hall–Kier alpha value is -0.260. The monoisotopic (exact) mass is 248 g/mol. The summed E-state index contributed by atoms with van der Waals surface area (Å²) < 4.78 is 0. The first-order valence-corrected chi connectivity index (χ1v) is 8.31. The predicted octanol–water partition coefficient (Wildman–Crippen LogP) is 5.69. The zero-order valence-corrected chi connectivity index (χ0v) is 12.7. The highest BCUT2D eigenvalue weighted by atomic mass is 14.5. The van der Waals surface area contributed by atoms with Gasteiger partial charge in [-0.15, -0.1) is 6.58 Å². The van der Waals surface area contributed by atoms with Gasteiger partial charge < -0.3 is 0 Å². The zero-order chi connectivity index (χ0) is 13.1. The van der Waals surface area contributed by atoms with Crippen LogP contribution in [0.1, 0.15) is 65.7 Å². The Bertz CT molecular complexity index is 267. The fourth-order valence-corrected chi connectivity index (χ4v) is 4.55. The van der Waals surface area contributed by atoms with Crippen LogP contribution in [0.25, 0.3) is 0 Å². The molecule has 104 valence electrons. The highest BCUT2D eigenvalue weighted by molar-refractivity contribution is 5.00. The van der Waals surface area contributed by atoms with E-state index >= 15 is 0 Å². The van der Waals surface area contributed by atoms with E-state index in [2.05, 4.69) is 33.4 Å². The van der Waals surface area contributed by atoms with Gasteiger partial charge in [0.25, 0.3) is 0 Å².